The van der Waals surface area contributed by atoms with E-state index in [-0.39, 0.29) is 30.0 Å². The number of hydrogen-bond donors (Lipinski definition) is 2. The van der Waals surface area contributed by atoms with Gasteiger partial charge >= 0.3 is 0 Å². The lowest BCUT2D eigenvalue weighted by Crippen LogP contribution is -2.54. The minimum absolute atomic E-state index is 0.0632. The zero-order chi connectivity index (χ0) is 25.7. The molecule has 3 aliphatic heterocycles. The number of carbonyl (C=O) groups excluding carboxylic acids is 4. The molecule has 2 saturated heterocycles. The molecular weight excluding hydrogens is 478 g/mol. The van der Waals surface area contributed by atoms with Crippen LogP contribution < -0.4 is 15.4 Å². The molecule has 0 spiro atoms. The molecule has 3 aromatic rings. The Balaban J connectivity index is 1.34. The Morgan fingerprint density at radius 1 is 1.05 bits per heavy atom. The maximum atomic E-state index is 13.4. The first-order valence-electron chi connectivity index (χ1n) is 12.2. The predicted octanol–water partition coefficient (Wildman–Crippen LogP) is 2.54. The van der Waals surface area contributed by atoms with Crippen molar-refractivity contribution in [2.75, 3.05) is 25.6 Å². The number of nitrogens with one attached hydrogen (secondary N) is 2. The Labute approximate surface area is 211 Å². The molecule has 0 bridgehead atoms. The Bertz CT molecular complexity index is 1460. The van der Waals surface area contributed by atoms with Gasteiger partial charge in [0.15, 0.2) is 0 Å². The normalized spacial score (nSPS) is 20.4. The monoisotopic (exact) mass is 503 g/mol. The van der Waals surface area contributed by atoms with Crippen LogP contribution in [0.4, 0.5) is 11.4 Å². The highest BCUT2D eigenvalue weighted by molar-refractivity contribution is 6.25. The van der Waals surface area contributed by atoms with Crippen molar-refractivity contribution < 1.29 is 28.7 Å². The van der Waals surface area contributed by atoms with E-state index in [9.17, 15) is 19.2 Å². The van der Waals surface area contributed by atoms with E-state index in [4.69, 9.17) is 9.47 Å². The second kappa shape index (κ2) is 9.00. The molecule has 4 heterocycles. The molecule has 3 aliphatic rings. The van der Waals surface area contributed by atoms with Crippen LogP contribution in [0, 0.1) is 0 Å². The minimum Gasteiger partial charge on any atom is -0.494 e. The van der Waals surface area contributed by atoms with Crippen molar-refractivity contribution in [2.24, 2.45) is 0 Å². The smallest absolute Gasteiger partial charge is 0.264 e. The summed E-state index contributed by atoms with van der Waals surface area (Å²) in [6.07, 6.45) is 3.72. The highest BCUT2D eigenvalue weighted by Gasteiger charge is 2.45. The third kappa shape index (κ3) is 3.82. The van der Waals surface area contributed by atoms with Crippen molar-refractivity contribution in [1.82, 2.24) is 20.0 Å². The molecule has 1 atom stereocenters. The zero-order valence-electron chi connectivity index (χ0n) is 20.2. The molecule has 1 aromatic heterocycles. The van der Waals surface area contributed by atoms with E-state index in [0.717, 1.165) is 28.6 Å². The summed E-state index contributed by atoms with van der Waals surface area (Å²) in [7, 11) is 1.57. The molecule has 0 radical (unpaired) electrons. The van der Waals surface area contributed by atoms with Crippen molar-refractivity contribution in [3.63, 3.8) is 0 Å². The maximum absolute atomic E-state index is 13.4. The number of carbonyl (C=O) groups is 4. The lowest BCUT2D eigenvalue weighted by molar-refractivity contribution is -0.136. The fraction of sp³-hybridized carbons (Fsp3) is 0.346. The van der Waals surface area contributed by atoms with E-state index < -0.39 is 29.7 Å². The fourth-order valence-electron chi connectivity index (χ4n) is 5.33. The van der Waals surface area contributed by atoms with Gasteiger partial charge in [0, 0.05) is 31.1 Å². The molecule has 2 aromatic carbocycles. The van der Waals surface area contributed by atoms with Gasteiger partial charge in [0.25, 0.3) is 11.8 Å². The second-order valence-corrected chi connectivity index (χ2v) is 9.34. The van der Waals surface area contributed by atoms with Crippen LogP contribution in [0.1, 0.15) is 52.4 Å². The van der Waals surface area contributed by atoms with E-state index in [1.165, 1.54) is 0 Å². The number of benzene rings is 2. The highest BCUT2D eigenvalue weighted by Crippen LogP contribution is 2.38. The number of anilines is 2. The second-order valence-electron chi connectivity index (χ2n) is 9.34. The summed E-state index contributed by atoms with van der Waals surface area (Å²) in [4.78, 5) is 51.5. The third-order valence-electron chi connectivity index (χ3n) is 7.19. The molecule has 0 saturated carbocycles. The molecular formula is C26H25N5O6. The van der Waals surface area contributed by atoms with Crippen molar-refractivity contribution in [2.45, 2.75) is 37.8 Å². The van der Waals surface area contributed by atoms with Gasteiger partial charge in [-0.2, -0.15) is 5.10 Å². The number of methoxy groups -OCH3 is 1. The lowest BCUT2D eigenvalue weighted by atomic mass is 10.0. The van der Waals surface area contributed by atoms with Gasteiger partial charge in [-0.3, -0.25) is 34.1 Å². The molecule has 11 nitrogen and oxygen atoms in total. The largest absolute Gasteiger partial charge is 0.494 e. The summed E-state index contributed by atoms with van der Waals surface area (Å²) >= 11 is 0. The number of hydrogen-bond acceptors (Lipinski definition) is 8. The van der Waals surface area contributed by atoms with Crippen molar-refractivity contribution in [1.29, 1.82) is 0 Å². The average Bonchev–Trinajstić information content (AvgIpc) is 3.43. The Morgan fingerprint density at radius 2 is 1.86 bits per heavy atom. The van der Waals surface area contributed by atoms with Crippen LogP contribution in [0.25, 0.3) is 10.9 Å². The van der Waals surface area contributed by atoms with Crippen LogP contribution >= 0.6 is 0 Å². The summed E-state index contributed by atoms with van der Waals surface area (Å²) in [5.41, 5.74) is 2.34. The standard InChI is InChI=1S/C26H25N5O6/c1-36-21-12-20-14(13-27-31(20)15-7-9-37-10-8-15)11-18(21)28-17-4-2-3-16-23(17)26(35)30(25(16)34)19-5-6-22(32)29-24(19)33/h2-4,11-13,15,19,28H,5-10H2,1H3,(H,29,32,33). The van der Waals surface area contributed by atoms with E-state index >= 15 is 0 Å². The van der Waals surface area contributed by atoms with Gasteiger partial charge in [0.05, 0.1) is 47.4 Å². The Morgan fingerprint density at radius 3 is 2.62 bits per heavy atom. The van der Waals surface area contributed by atoms with Gasteiger partial charge in [-0.05, 0) is 37.5 Å². The van der Waals surface area contributed by atoms with Crippen molar-refractivity contribution >= 4 is 45.9 Å². The van der Waals surface area contributed by atoms with Gasteiger partial charge in [-0.15, -0.1) is 0 Å². The molecule has 190 valence electrons. The quantitative estimate of drug-likeness (QED) is 0.508. The molecule has 2 fully saturated rings. The van der Waals surface area contributed by atoms with Gasteiger partial charge in [-0.1, -0.05) is 6.07 Å². The van der Waals surface area contributed by atoms with E-state index in [2.05, 4.69) is 15.7 Å². The van der Waals surface area contributed by atoms with Crippen LogP contribution in [0.15, 0.2) is 36.5 Å². The Hall–Kier alpha value is -4.25. The topological polar surface area (TPSA) is 132 Å². The number of amides is 4. The predicted molar refractivity (Wildman–Crippen MR) is 132 cm³/mol. The summed E-state index contributed by atoms with van der Waals surface area (Å²) in [5, 5.41) is 11.0. The summed E-state index contributed by atoms with van der Waals surface area (Å²) < 4.78 is 13.2. The van der Waals surface area contributed by atoms with E-state index in [1.54, 1.807) is 31.5 Å². The van der Waals surface area contributed by atoms with Gasteiger partial charge in [-0.25, -0.2) is 0 Å². The van der Waals surface area contributed by atoms with Crippen LogP contribution in [0.3, 0.4) is 0 Å². The number of rotatable bonds is 5. The number of nitrogens with zero attached hydrogens (tertiary/aromatic N) is 3. The SMILES string of the molecule is COc1cc2c(cnn2C2CCOCC2)cc1Nc1cccc2c1C(=O)N(C1CCC(=O)NC1=O)C2=O. The minimum atomic E-state index is -1.03. The number of aromatic nitrogens is 2. The van der Waals surface area contributed by atoms with Crippen LogP contribution in [-0.2, 0) is 14.3 Å². The Kier molecular flexibility index (Phi) is 5.64. The molecule has 37 heavy (non-hydrogen) atoms. The average molecular weight is 504 g/mol. The van der Waals surface area contributed by atoms with E-state index in [0.29, 0.717) is 30.3 Å². The van der Waals surface area contributed by atoms with Crippen molar-refractivity contribution in [3.05, 3.63) is 47.7 Å². The van der Waals surface area contributed by atoms with Crippen molar-refractivity contribution in [3.8, 4) is 5.75 Å². The number of ether oxygens (including phenoxy) is 2. The maximum Gasteiger partial charge on any atom is 0.264 e. The lowest BCUT2D eigenvalue weighted by Gasteiger charge is -2.27. The summed E-state index contributed by atoms with van der Waals surface area (Å²) in [6, 6.07) is 7.96. The number of piperidine rings is 1. The first kappa shape index (κ1) is 23.2. The molecule has 1 unspecified atom stereocenters. The summed E-state index contributed by atoms with van der Waals surface area (Å²) in [5.74, 6) is -1.64. The van der Waals surface area contributed by atoms with Crippen LogP contribution in [-0.4, -0.2) is 64.7 Å². The molecule has 4 amide bonds. The van der Waals surface area contributed by atoms with Gasteiger partial charge in [0.1, 0.15) is 11.8 Å². The molecule has 0 aliphatic carbocycles. The number of fused-ring (bicyclic) bond motifs is 2. The van der Waals surface area contributed by atoms with Gasteiger partial charge < -0.3 is 14.8 Å². The first-order chi connectivity index (χ1) is 18.0. The first-order valence-corrected chi connectivity index (χ1v) is 12.2. The van der Waals surface area contributed by atoms with Crippen LogP contribution in [0.2, 0.25) is 0 Å². The third-order valence-corrected chi connectivity index (χ3v) is 7.19. The fourth-order valence-corrected chi connectivity index (χ4v) is 5.33. The van der Waals surface area contributed by atoms with E-state index in [1.807, 2.05) is 16.8 Å². The van der Waals surface area contributed by atoms with Gasteiger partial charge in [0.2, 0.25) is 11.8 Å². The zero-order valence-corrected chi connectivity index (χ0v) is 20.2. The summed E-state index contributed by atoms with van der Waals surface area (Å²) in [6.45, 7) is 1.40. The highest BCUT2D eigenvalue weighted by atomic mass is 16.5. The number of imide groups is 2. The molecule has 6 rings (SSSR count). The van der Waals surface area contributed by atoms with Crippen LogP contribution in [0.5, 0.6) is 5.75 Å². The molecule has 11 heteroatoms. The molecule has 2 N–H and O–H groups in total.